The third-order valence-electron chi connectivity index (χ3n) is 3.28. The molecule has 0 saturated heterocycles. The van der Waals surface area contributed by atoms with Gasteiger partial charge in [-0.25, -0.2) is 5.48 Å². The van der Waals surface area contributed by atoms with Crippen LogP contribution in [-0.2, 0) is 14.3 Å². The first kappa shape index (κ1) is 20.1. The Morgan fingerprint density at radius 1 is 1.14 bits per heavy atom. The molecule has 0 aromatic heterocycles. The Balaban J connectivity index is 4.94. The molecule has 0 radical (unpaired) electrons. The van der Waals surface area contributed by atoms with Crippen LogP contribution in [0, 0.1) is 10.8 Å². The van der Waals surface area contributed by atoms with Crippen LogP contribution in [-0.4, -0.2) is 17.1 Å². The van der Waals surface area contributed by atoms with Crippen molar-refractivity contribution in [2.75, 3.05) is 0 Å². The molecule has 1 amide bonds. The summed E-state index contributed by atoms with van der Waals surface area (Å²) in [7, 11) is 0. The minimum Gasteiger partial charge on any atom is -0.427 e. The van der Waals surface area contributed by atoms with Crippen molar-refractivity contribution < 1.29 is 19.5 Å². The number of amides is 1. The monoisotopic (exact) mass is 309 g/mol. The molecule has 0 heterocycles. The minimum atomic E-state index is -0.905. The van der Waals surface area contributed by atoms with E-state index in [0.717, 1.165) is 6.42 Å². The van der Waals surface area contributed by atoms with Crippen LogP contribution < -0.4 is 5.48 Å². The fraction of sp³-hybridized carbons (Fsp3) is 0.529. The van der Waals surface area contributed by atoms with Gasteiger partial charge < -0.3 is 4.74 Å². The molecule has 0 rings (SSSR count). The SMILES string of the molecule is C=CCC/C=C(\C=C)OC(=O)C(C)(C)CC(C)(C)C(=O)NO. The number of unbranched alkanes of at least 4 members (excludes halogenated alkanes) is 1. The Morgan fingerprint density at radius 2 is 1.73 bits per heavy atom. The maximum atomic E-state index is 12.3. The van der Waals surface area contributed by atoms with Gasteiger partial charge in [0.05, 0.1) is 5.41 Å². The second kappa shape index (κ2) is 8.54. The maximum Gasteiger partial charge on any atom is 0.316 e. The van der Waals surface area contributed by atoms with Crippen molar-refractivity contribution in [3.63, 3.8) is 0 Å². The molecule has 0 aliphatic rings. The normalized spacial score (nSPS) is 12.5. The molecule has 22 heavy (non-hydrogen) atoms. The summed E-state index contributed by atoms with van der Waals surface area (Å²) in [4.78, 5) is 24.0. The molecule has 0 aliphatic heterocycles. The van der Waals surface area contributed by atoms with Crippen molar-refractivity contribution in [1.82, 2.24) is 5.48 Å². The van der Waals surface area contributed by atoms with Crippen LogP contribution in [0.1, 0.15) is 47.0 Å². The second-order valence-corrected chi connectivity index (χ2v) is 6.45. The molecule has 5 nitrogen and oxygen atoms in total. The van der Waals surface area contributed by atoms with E-state index in [2.05, 4.69) is 13.2 Å². The van der Waals surface area contributed by atoms with E-state index >= 15 is 0 Å². The number of hydrogen-bond donors (Lipinski definition) is 2. The maximum absolute atomic E-state index is 12.3. The van der Waals surface area contributed by atoms with Crippen LogP contribution in [0.2, 0.25) is 0 Å². The van der Waals surface area contributed by atoms with Gasteiger partial charge in [0.15, 0.2) is 0 Å². The number of allylic oxidation sites excluding steroid dienone is 3. The summed E-state index contributed by atoms with van der Waals surface area (Å²) in [5.74, 6) is -0.598. The first-order valence-electron chi connectivity index (χ1n) is 7.21. The predicted molar refractivity (Wildman–Crippen MR) is 85.9 cm³/mol. The van der Waals surface area contributed by atoms with Crippen LogP contribution >= 0.6 is 0 Å². The lowest BCUT2D eigenvalue weighted by Crippen LogP contribution is -2.41. The molecule has 0 aromatic carbocycles. The fourth-order valence-electron chi connectivity index (χ4n) is 2.16. The Bertz CT molecular complexity index is 461. The number of nitrogens with one attached hydrogen (secondary N) is 1. The Hall–Kier alpha value is -1.88. The van der Waals surface area contributed by atoms with E-state index in [4.69, 9.17) is 9.94 Å². The third-order valence-corrected chi connectivity index (χ3v) is 3.28. The lowest BCUT2D eigenvalue weighted by atomic mass is 9.74. The van der Waals surface area contributed by atoms with Gasteiger partial charge in [0.1, 0.15) is 5.76 Å². The Morgan fingerprint density at radius 3 is 2.18 bits per heavy atom. The third kappa shape index (κ3) is 6.26. The smallest absolute Gasteiger partial charge is 0.316 e. The zero-order valence-electron chi connectivity index (χ0n) is 13.9. The van der Waals surface area contributed by atoms with Crippen LogP contribution in [0.4, 0.5) is 0 Å². The van der Waals surface area contributed by atoms with Crippen molar-refractivity contribution >= 4 is 11.9 Å². The van der Waals surface area contributed by atoms with Gasteiger partial charge >= 0.3 is 5.97 Å². The topological polar surface area (TPSA) is 75.6 Å². The number of ether oxygens (including phenoxy) is 1. The number of carbonyl (C=O) groups excluding carboxylic acids is 2. The predicted octanol–water partition coefficient (Wildman–Crippen LogP) is 3.51. The highest BCUT2D eigenvalue weighted by molar-refractivity contribution is 5.83. The zero-order chi connectivity index (χ0) is 17.4. The molecule has 0 aliphatic carbocycles. The molecule has 0 saturated carbocycles. The highest BCUT2D eigenvalue weighted by atomic mass is 16.5. The molecular weight excluding hydrogens is 282 g/mol. The summed E-state index contributed by atoms with van der Waals surface area (Å²) >= 11 is 0. The van der Waals surface area contributed by atoms with E-state index in [1.54, 1.807) is 45.3 Å². The molecule has 0 aromatic rings. The zero-order valence-corrected chi connectivity index (χ0v) is 13.9. The van der Waals surface area contributed by atoms with E-state index in [9.17, 15) is 9.59 Å². The molecule has 0 spiro atoms. The average molecular weight is 309 g/mol. The molecule has 0 unspecified atom stereocenters. The molecular formula is C17H27NO4. The highest BCUT2D eigenvalue weighted by Crippen LogP contribution is 2.35. The number of esters is 1. The first-order valence-corrected chi connectivity index (χ1v) is 7.21. The van der Waals surface area contributed by atoms with Crippen molar-refractivity contribution in [2.45, 2.75) is 47.0 Å². The average Bonchev–Trinajstić information content (AvgIpc) is 2.43. The van der Waals surface area contributed by atoms with E-state index < -0.39 is 22.7 Å². The van der Waals surface area contributed by atoms with Gasteiger partial charge in [0, 0.05) is 5.41 Å². The van der Waals surface area contributed by atoms with Crippen LogP contribution in [0.3, 0.4) is 0 Å². The summed E-state index contributed by atoms with van der Waals surface area (Å²) in [5.41, 5.74) is -0.172. The molecule has 0 bridgehead atoms. The largest absolute Gasteiger partial charge is 0.427 e. The highest BCUT2D eigenvalue weighted by Gasteiger charge is 2.40. The van der Waals surface area contributed by atoms with Gasteiger partial charge in [0.2, 0.25) is 5.91 Å². The summed E-state index contributed by atoms with van der Waals surface area (Å²) in [6.45, 7) is 14.0. The molecule has 0 fully saturated rings. The Labute approximate surface area is 132 Å². The fourth-order valence-corrected chi connectivity index (χ4v) is 2.16. The van der Waals surface area contributed by atoms with Crippen molar-refractivity contribution in [1.29, 1.82) is 0 Å². The van der Waals surface area contributed by atoms with Crippen molar-refractivity contribution in [3.05, 3.63) is 37.1 Å². The second-order valence-electron chi connectivity index (χ2n) is 6.45. The van der Waals surface area contributed by atoms with Crippen LogP contribution in [0.15, 0.2) is 37.1 Å². The summed E-state index contributed by atoms with van der Waals surface area (Å²) in [6.07, 6.45) is 6.73. The lowest BCUT2D eigenvalue weighted by molar-refractivity contribution is -0.153. The number of carbonyl (C=O) groups is 2. The van der Waals surface area contributed by atoms with Crippen molar-refractivity contribution in [3.8, 4) is 0 Å². The summed E-state index contributed by atoms with van der Waals surface area (Å²) < 4.78 is 5.35. The standard InChI is InChI=1S/C17H27NO4/c1-7-9-10-11-13(8-2)22-15(20)17(5,6)12-16(3,4)14(19)18-21/h7-8,11,21H,1-2,9-10,12H2,3-6H3,(H,18,19)/b13-11+. The van der Waals surface area contributed by atoms with Gasteiger partial charge in [-0.05, 0) is 45.3 Å². The van der Waals surface area contributed by atoms with Crippen LogP contribution in [0.5, 0.6) is 0 Å². The van der Waals surface area contributed by atoms with Gasteiger partial charge in [-0.15, -0.1) is 6.58 Å². The van der Waals surface area contributed by atoms with E-state index in [-0.39, 0.29) is 6.42 Å². The number of rotatable bonds is 9. The first-order chi connectivity index (χ1) is 10.1. The quantitative estimate of drug-likeness (QED) is 0.130. The minimum absolute atomic E-state index is 0.225. The van der Waals surface area contributed by atoms with Gasteiger partial charge in [0.25, 0.3) is 0 Å². The van der Waals surface area contributed by atoms with Crippen molar-refractivity contribution in [2.24, 2.45) is 10.8 Å². The van der Waals surface area contributed by atoms with E-state index in [0.29, 0.717) is 12.2 Å². The van der Waals surface area contributed by atoms with Gasteiger partial charge in [-0.1, -0.05) is 26.5 Å². The van der Waals surface area contributed by atoms with Gasteiger partial charge in [-0.3, -0.25) is 14.8 Å². The lowest BCUT2D eigenvalue weighted by Gasteiger charge is -2.31. The summed E-state index contributed by atoms with van der Waals surface area (Å²) in [6, 6.07) is 0. The van der Waals surface area contributed by atoms with Gasteiger partial charge in [-0.2, -0.15) is 0 Å². The molecule has 0 atom stereocenters. The van der Waals surface area contributed by atoms with Crippen LogP contribution in [0.25, 0.3) is 0 Å². The van der Waals surface area contributed by atoms with E-state index in [1.807, 2.05) is 0 Å². The molecule has 2 N–H and O–H groups in total. The van der Waals surface area contributed by atoms with E-state index in [1.165, 1.54) is 6.08 Å². The molecule has 5 heteroatoms. The number of hydrogen-bond acceptors (Lipinski definition) is 4. The summed E-state index contributed by atoms with van der Waals surface area (Å²) in [5, 5.41) is 8.76. The molecule has 124 valence electrons. The Kier molecular flexibility index (Phi) is 7.81. The number of hydroxylamine groups is 1.